The molecule has 0 heterocycles. The van der Waals surface area contributed by atoms with Crippen molar-refractivity contribution < 1.29 is 9.53 Å². The molecular weight excluding hydrogens is 284 g/mol. The van der Waals surface area contributed by atoms with Crippen LogP contribution in [0.5, 0.6) is 0 Å². The molecule has 0 aromatic carbocycles. The van der Waals surface area contributed by atoms with E-state index in [0.717, 1.165) is 49.4 Å². The van der Waals surface area contributed by atoms with Crippen molar-refractivity contribution >= 4 is 5.97 Å². The van der Waals surface area contributed by atoms with E-state index >= 15 is 0 Å². The third kappa shape index (κ3) is 1.79. The predicted molar refractivity (Wildman–Crippen MR) is 89.7 cm³/mol. The standard InChI is InChI=1S/C21H32O2/c1-19(2)16-4-5-20(19,3)17(9-16)23-18(22)21-10-13-6-14(11-21)8-15(7-13)12-21/h13-17H,4-12H2,1-3H3/t13?,14?,15?,16-,17-,20-,21?/m0/s1. The van der Waals surface area contributed by atoms with Crippen molar-refractivity contribution in [2.75, 3.05) is 0 Å². The summed E-state index contributed by atoms with van der Waals surface area (Å²) in [6.45, 7) is 7.20. The van der Waals surface area contributed by atoms with Gasteiger partial charge in [-0.3, -0.25) is 4.79 Å². The Hall–Kier alpha value is -0.530. The van der Waals surface area contributed by atoms with Crippen LogP contribution < -0.4 is 0 Å². The fourth-order valence-corrected chi connectivity index (χ4v) is 7.92. The van der Waals surface area contributed by atoms with Gasteiger partial charge >= 0.3 is 5.97 Å². The molecule has 0 spiro atoms. The van der Waals surface area contributed by atoms with E-state index < -0.39 is 0 Å². The minimum absolute atomic E-state index is 0.0862. The van der Waals surface area contributed by atoms with Crippen molar-refractivity contribution in [2.24, 2.45) is 39.9 Å². The summed E-state index contributed by atoms with van der Waals surface area (Å²) in [5, 5.41) is 0. The van der Waals surface area contributed by atoms with Crippen molar-refractivity contribution in [1.82, 2.24) is 0 Å². The summed E-state index contributed by atoms with van der Waals surface area (Å²) in [7, 11) is 0. The number of esters is 1. The van der Waals surface area contributed by atoms with E-state index in [1.165, 1.54) is 32.1 Å². The van der Waals surface area contributed by atoms with Crippen molar-refractivity contribution in [3.8, 4) is 0 Å². The van der Waals surface area contributed by atoms with E-state index in [9.17, 15) is 4.79 Å². The van der Waals surface area contributed by atoms with Gasteiger partial charge in [0.2, 0.25) is 0 Å². The second kappa shape index (κ2) is 4.35. The predicted octanol–water partition coefficient (Wildman–Crippen LogP) is 4.96. The van der Waals surface area contributed by atoms with E-state index in [-0.39, 0.29) is 22.9 Å². The van der Waals surface area contributed by atoms with E-state index in [0.29, 0.717) is 5.41 Å². The van der Waals surface area contributed by atoms with Crippen LogP contribution in [0.4, 0.5) is 0 Å². The van der Waals surface area contributed by atoms with Gasteiger partial charge in [-0.1, -0.05) is 20.8 Å². The van der Waals surface area contributed by atoms with Gasteiger partial charge in [0.25, 0.3) is 0 Å². The third-order valence-electron chi connectivity index (χ3n) is 9.43. The molecule has 0 amide bonds. The molecule has 2 nitrogen and oxygen atoms in total. The third-order valence-corrected chi connectivity index (χ3v) is 9.43. The molecule has 2 heteroatoms. The molecule has 3 atom stereocenters. The maximum atomic E-state index is 13.3. The molecule has 23 heavy (non-hydrogen) atoms. The lowest BCUT2D eigenvalue weighted by atomic mass is 9.49. The van der Waals surface area contributed by atoms with Gasteiger partial charge in [-0.15, -0.1) is 0 Å². The molecule has 0 aliphatic heterocycles. The number of hydrogen-bond donors (Lipinski definition) is 0. The number of hydrogen-bond acceptors (Lipinski definition) is 2. The van der Waals surface area contributed by atoms with E-state index in [2.05, 4.69) is 20.8 Å². The zero-order chi connectivity index (χ0) is 16.0. The molecule has 0 saturated heterocycles. The lowest BCUT2D eigenvalue weighted by Gasteiger charge is -2.55. The highest BCUT2D eigenvalue weighted by atomic mass is 16.5. The van der Waals surface area contributed by atoms with E-state index in [4.69, 9.17) is 4.74 Å². The van der Waals surface area contributed by atoms with Crippen LogP contribution in [-0.4, -0.2) is 12.1 Å². The van der Waals surface area contributed by atoms with Crippen LogP contribution in [0.15, 0.2) is 0 Å². The Kier molecular flexibility index (Phi) is 2.80. The number of rotatable bonds is 2. The lowest BCUT2D eigenvalue weighted by molar-refractivity contribution is -0.184. The smallest absolute Gasteiger partial charge is 0.312 e. The average Bonchev–Trinajstić information content (AvgIpc) is 2.79. The molecular formula is C21H32O2. The van der Waals surface area contributed by atoms with Gasteiger partial charge < -0.3 is 4.74 Å². The van der Waals surface area contributed by atoms with Crippen molar-refractivity contribution in [3.63, 3.8) is 0 Å². The molecule has 0 unspecified atom stereocenters. The molecule has 6 fully saturated rings. The van der Waals surface area contributed by atoms with Crippen LogP contribution in [0.2, 0.25) is 0 Å². The molecule has 128 valence electrons. The maximum absolute atomic E-state index is 13.3. The Morgan fingerprint density at radius 1 is 0.913 bits per heavy atom. The molecule has 0 aromatic rings. The van der Waals surface area contributed by atoms with Gasteiger partial charge in [0, 0.05) is 5.41 Å². The minimum atomic E-state index is -0.0862. The van der Waals surface area contributed by atoms with Crippen LogP contribution in [0.25, 0.3) is 0 Å². The number of ether oxygens (including phenoxy) is 1. The van der Waals surface area contributed by atoms with Gasteiger partial charge in [-0.2, -0.15) is 0 Å². The summed E-state index contributed by atoms with van der Waals surface area (Å²) in [5.74, 6) is 3.41. The monoisotopic (exact) mass is 316 g/mol. The Labute approximate surface area is 140 Å². The highest BCUT2D eigenvalue weighted by Gasteiger charge is 2.64. The van der Waals surface area contributed by atoms with E-state index in [1.54, 1.807) is 0 Å². The first-order valence-electron chi connectivity index (χ1n) is 10.0. The Balaban J connectivity index is 1.37. The van der Waals surface area contributed by atoms with Gasteiger partial charge in [-0.05, 0) is 86.9 Å². The topological polar surface area (TPSA) is 26.3 Å². The van der Waals surface area contributed by atoms with Crippen molar-refractivity contribution in [1.29, 1.82) is 0 Å². The first-order valence-corrected chi connectivity index (χ1v) is 10.0. The summed E-state index contributed by atoms with van der Waals surface area (Å²) in [6.07, 6.45) is 11.4. The number of carbonyl (C=O) groups is 1. The van der Waals surface area contributed by atoms with Crippen LogP contribution in [0.1, 0.15) is 78.6 Å². The molecule has 6 bridgehead atoms. The molecule has 0 radical (unpaired) electrons. The summed E-state index contributed by atoms with van der Waals surface area (Å²) < 4.78 is 6.33. The largest absolute Gasteiger partial charge is 0.461 e. The number of carbonyl (C=O) groups excluding carboxylic acids is 1. The minimum Gasteiger partial charge on any atom is -0.461 e. The zero-order valence-corrected chi connectivity index (χ0v) is 15.1. The fraction of sp³-hybridized carbons (Fsp3) is 0.952. The van der Waals surface area contributed by atoms with Crippen molar-refractivity contribution in [3.05, 3.63) is 0 Å². The molecule has 0 aromatic heterocycles. The molecule has 0 N–H and O–H groups in total. The SMILES string of the molecule is CC1(C)[C@H]2CC[C@@]1(C)[C@@H](OC(=O)C13CC4CC(CC(C4)C1)C3)C2. The van der Waals surface area contributed by atoms with Crippen LogP contribution >= 0.6 is 0 Å². The Bertz CT molecular complexity index is 513. The average molecular weight is 316 g/mol. The summed E-state index contributed by atoms with van der Waals surface area (Å²) in [4.78, 5) is 13.3. The van der Waals surface area contributed by atoms with Gasteiger partial charge in [0.15, 0.2) is 0 Å². The first-order chi connectivity index (χ1) is 10.8. The molecule has 6 saturated carbocycles. The fourth-order valence-electron chi connectivity index (χ4n) is 7.92. The van der Waals surface area contributed by atoms with Gasteiger partial charge in [-0.25, -0.2) is 0 Å². The lowest BCUT2D eigenvalue weighted by Crippen LogP contribution is -2.52. The summed E-state index contributed by atoms with van der Waals surface area (Å²) in [6, 6.07) is 0. The normalized spacial score (nSPS) is 55.3. The van der Waals surface area contributed by atoms with Crippen LogP contribution in [0.3, 0.4) is 0 Å². The highest BCUT2D eigenvalue weighted by Crippen LogP contribution is 2.67. The second-order valence-electron chi connectivity index (χ2n) is 10.7. The molecule has 6 rings (SSSR count). The zero-order valence-electron chi connectivity index (χ0n) is 15.1. The summed E-state index contributed by atoms with van der Waals surface area (Å²) in [5.41, 5.74) is 0.451. The highest BCUT2D eigenvalue weighted by molar-refractivity contribution is 5.78. The quantitative estimate of drug-likeness (QED) is 0.673. The van der Waals surface area contributed by atoms with Crippen LogP contribution in [0, 0.1) is 39.9 Å². The van der Waals surface area contributed by atoms with Gasteiger partial charge in [0.1, 0.15) is 6.10 Å². The maximum Gasteiger partial charge on any atom is 0.312 e. The van der Waals surface area contributed by atoms with Gasteiger partial charge in [0.05, 0.1) is 5.41 Å². The van der Waals surface area contributed by atoms with Crippen LogP contribution in [-0.2, 0) is 9.53 Å². The Morgan fingerprint density at radius 2 is 1.48 bits per heavy atom. The Morgan fingerprint density at radius 3 is 1.91 bits per heavy atom. The molecule has 6 aliphatic rings. The second-order valence-corrected chi connectivity index (χ2v) is 10.7. The number of fused-ring (bicyclic) bond motifs is 2. The summed E-state index contributed by atoms with van der Waals surface area (Å²) >= 11 is 0. The van der Waals surface area contributed by atoms with E-state index in [1.807, 2.05) is 0 Å². The van der Waals surface area contributed by atoms with Crippen molar-refractivity contribution in [2.45, 2.75) is 84.7 Å². The molecule has 6 aliphatic carbocycles. The first kappa shape index (κ1) is 14.8.